The van der Waals surface area contributed by atoms with E-state index >= 15 is 0 Å². The molecule has 0 saturated heterocycles. The molecule has 0 aromatic heterocycles. The highest BCUT2D eigenvalue weighted by atomic mass is 79.9. The molecule has 0 aliphatic heterocycles. The number of hydrogen-bond donors (Lipinski definition) is 1. The zero-order valence-corrected chi connectivity index (χ0v) is 14.6. The summed E-state index contributed by atoms with van der Waals surface area (Å²) in [5.74, 6) is 0. The lowest BCUT2D eigenvalue weighted by Gasteiger charge is -2.32. The van der Waals surface area contributed by atoms with Crippen LogP contribution in [0.3, 0.4) is 0 Å². The van der Waals surface area contributed by atoms with Crippen molar-refractivity contribution in [2.45, 2.75) is 58.6 Å². The van der Waals surface area contributed by atoms with Crippen LogP contribution < -0.4 is 0 Å². The summed E-state index contributed by atoms with van der Waals surface area (Å²) in [4.78, 5) is 2.43. The Balaban J connectivity index is 2.70. The Hall–Kier alpha value is -0.380. The fraction of sp³-hybridized carbons (Fsp3) is 0.647. The van der Waals surface area contributed by atoms with E-state index in [9.17, 15) is 5.11 Å². The second kappa shape index (κ2) is 9.54. The van der Waals surface area contributed by atoms with Gasteiger partial charge in [-0.25, -0.2) is 0 Å². The fourth-order valence-electron chi connectivity index (χ4n) is 2.38. The average Bonchev–Trinajstić information content (AvgIpc) is 2.47. The van der Waals surface area contributed by atoms with E-state index in [1.54, 1.807) is 0 Å². The zero-order valence-electron chi connectivity index (χ0n) is 13.0. The number of nitrogens with zero attached hydrogens (tertiary/aromatic N) is 1. The van der Waals surface area contributed by atoms with Crippen molar-refractivity contribution in [1.29, 1.82) is 0 Å². The molecule has 114 valence electrons. The van der Waals surface area contributed by atoms with Crippen molar-refractivity contribution >= 4 is 15.9 Å². The van der Waals surface area contributed by atoms with Gasteiger partial charge in [0, 0.05) is 10.5 Å². The smallest absolute Gasteiger partial charge is 0.0942 e. The molecule has 1 rings (SSSR count). The molecule has 0 aliphatic rings. The summed E-state index contributed by atoms with van der Waals surface area (Å²) >= 11 is 3.44. The second-order valence-corrected chi connectivity index (χ2v) is 6.40. The molecule has 0 aliphatic carbocycles. The molecule has 3 heteroatoms. The zero-order chi connectivity index (χ0) is 15.0. The number of halogens is 1. The monoisotopic (exact) mass is 341 g/mol. The van der Waals surface area contributed by atoms with Crippen LogP contribution in [0.15, 0.2) is 28.7 Å². The van der Waals surface area contributed by atoms with Gasteiger partial charge in [0.2, 0.25) is 0 Å². The van der Waals surface area contributed by atoms with Crippen LogP contribution in [-0.4, -0.2) is 29.1 Å². The van der Waals surface area contributed by atoms with Crippen molar-refractivity contribution in [1.82, 2.24) is 4.90 Å². The molecule has 2 unspecified atom stereocenters. The molecule has 0 spiro atoms. The lowest BCUT2D eigenvalue weighted by atomic mass is 10.0. The molecule has 0 saturated carbocycles. The van der Waals surface area contributed by atoms with E-state index in [0.717, 1.165) is 23.1 Å². The van der Waals surface area contributed by atoms with Gasteiger partial charge >= 0.3 is 0 Å². The second-order valence-electron chi connectivity index (χ2n) is 5.48. The first kappa shape index (κ1) is 17.7. The molecule has 1 aromatic rings. The Labute approximate surface area is 132 Å². The topological polar surface area (TPSA) is 23.5 Å². The van der Waals surface area contributed by atoms with Crippen LogP contribution in [0.25, 0.3) is 0 Å². The first-order valence-electron chi connectivity index (χ1n) is 7.77. The minimum atomic E-state index is -0.420. The highest BCUT2D eigenvalue weighted by molar-refractivity contribution is 9.10. The van der Waals surface area contributed by atoms with Crippen molar-refractivity contribution in [2.75, 3.05) is 13.1 Å². The van der Waals surface area contributed by atoms with Gasteiger partial charge < -0.3 is 5.11 Å². The summed E-state index contributed by atoms with van der Waals surface area (Å²) in [6.45, 7) is 8.72. The van der Waals surface area contributed by atoms with Crippen LogP contribution in [-0.2, 0) is 0 Å². The maximum Gasteiger partial charge on any atom is 0.0942 e. The molecular weight excluding hydrogens is 314 g/mol. The van der Waals surface area contributed by atoms with Crippen LogP contribution in [0, 0.1) is 0 Å². The summed E-state index contributed by atoms with van der Waals surface area (Å²) in [6, 6.07) is 8.15. The van der Waals surface area contributed by atoms with Crippen LogP contribution in [0.2, 0.25) is 0 Å². The molecule has 0 radical (unpaired) electrons. The van der Waals surface area contributed by atoms with Gasteiger partial charge in [0.1, 0.15) is 0 Å². The highest BCUT2D eigenvalue weighted by Gasteiger charge is 2.22. The normalized spacial score (nSPS) is 14.5. The van der Waals surface area contributed by atoms with Gasteiger partial charge in [-0.3, -0.25) is 4.90 Å². The Morgan fingerprint density at radius 2 is 1.55 bits per heavy atom. The van der Waals surface area contributed by atoms with Gasteiger partial charge in [-0.05, 0) is 50.6 Å². The summed E-state index contributed by atoms with van der Waals surface area (Å²) in [5.41, 5.74) is 0.999. The number of aliphatic hydroxyl groups excluding tert-OH is 1. The van der Waals surface area contributed by atoms with Crippen LogP contribution >= 0.6 is 15.9 Å². The average molecular weight is 342 g/mol. The molecule has 0 fully saturated rings. The van der Waals surface area contributed by atoms with E-state index in [4.69, 9.17) is 0 Å². The SMILES string of the molecule is CCCCN(CCCC)C(C)C(O)c1ccc(Br)cc1. The summed E-state index contributed by atoms with van der Waals surface area (Å²) in [5, 5.41) is 10.6. The summed E-state index contributed by atoms with van der Waals surface area (Å²) in [6.07, 6.45) is 4.37. The molecule has 0 bridgehead atoms. The molecular formula is C17H28BrNO. The number of unbranched alkanes of at least 4 members (excludes halogenated alkanes) is 2. The number of benzene rings is 1. The van der Waals surface area contributed by atoms with E-state index in [1.165, 1.54) is 25.7 Å². The van der Waals surface area contributed by atoms with Gasteiger partial charge in [0.25, 0.3) is 0 Å². The van der Waals surface area contributed by atoms with Crippen LogP contribution in [0.4, 0.5) is 0 Å². The Bertz CT molecular complexity index is 358. The summed E-state index contributed by atoms with van der Waals surface area (Å²) < 4.78 is 1.05. The molecule has 2 nitrogen and oxygen atoms in total. The van der Waals surface area contributed by atoms with E-state index < -0.39 is 6.10 Å². The maximum atomic E-state index is 10.6. The standard InChI is InChI=1S/C17H28BrNO/c1-4-6-12-19(13-7-5-2)14(3)17(20)15-8-10-16(18)11-9-15/h8-11,14,17,20H,4-7,12-13H2,1-3H3. The molecule has 2 atom stereocenters. The van der Waals surface area contributed by atoms with Gasteiger partial charge in [0.15, 0.2) is 0 Å². The minimum absolute atomic E-state index is 0.161. The van der Waals surface area contributed by atoms with Gasteiger partial charge in [0.05, 0.1) is 6.10 Å². The van der Waals surface area contributed by atoms with Crippen LogP contribution in [0.1, 0.15) is 58.1 Å². The molecule has 0 heterocycles. The lowest BCUT2D eigenvalue weighted by molar-refractivity contribution is 0.0560. The highest BCUT2D eigenvalue weighted by Crippen LogP contribution is 2.23. The first-order chi connectivity index (χ1) is 9.60. The van der Waals surface area contributed by atoms with Crippen molar-refractivity contribution in [3.63, 3.8) is 0 Å². The molecule has 1 N–H and O–H groups in total. The minimum Gasteiger partial charge on any atom is -0.387 e. The first-order valence-corrected chi connectivity index (χ1v) is 8.57. The van der Waals surface area contributed by atoms with Gasteiger partial charge in [-0.15, -0.1) is 0 Å². The molecule has 1 aromatic carbocycles. The fourth-order valence-corrected chi connectivity index (χ4v) is 2.64. The third-order valence-corrected chi connectivity index (χ3v) is 4.37. The van der Waals surface area contributed by atoms with Crippen molar-refractivity contribution in [2.24, 2.45) is 0 Å². The van der Waals surface area contributed by atoms with Crippen molar-refractivity contribution in [3.05, 3.63) is 34.3 Å². The third-order valence-electron chi connectivity index (χ3n) is 3.84. The largest absolute Gasteiger partial charge is 0.387 e. The molecule has 20 heavy (non-hydrogen) atoms. The summed E-state index contributed by atoms with van der Waals surface area (Å²) in [7, 11) is 0. The van der Waals surface area contributed by atoms with E-state index in [2.05, 4.69) is 41.6 Å². The Morgan fingerprint density at radius 1 is 1.05 bits per heavy atom. The predicted molar refractivity (Wildman–Crippen MR) is 90.0 cm³/mol. The predicted octanol–water partition coefficient (Wildman–Crippen LogP) is 4.77. The Morgan fingerprint density at radius 3 is 2.00 bits per heavy atom. The van der Waals surface area contributed by atoms with E-state index in [1.807, 2.05) is 24.3 Å². The van der Waals surface area contributed by atoms with Crippen molar-refractivity contribution < 1.29 is 5.11 Å². The van der Waals surface area contributed by atoms with E-state index in [0.29, 0.717) is 0 Å². The maximum absolute atomic E-state index is 10.6. The van der Waals surface area contributed by atoms with E-state index in [-0.39, 0.29) is 6.04 Å². The van der Waals surface area contributed by atoms with Gasteiger partial charge in [-0.1, -0.05) is 54.8 Å². The number of hydrogen-bond acceptors (Lipinski definition) is 2. The van der Waals surface area contributed by atoms with Crippen molar-refractivity contribution in [3.8, 4) is 0 Å². The third kappa shape index (κ3) is 5.55. The van der Waals surface area contributed by atoms with Crippen LogP contribution in [0.5, 0.6) is 0 Å². The lowest BCUT2D eigenvalue weighted by Crippen LogP contribution is -2.39. The molecule has 0 amide bonds. The quantitative estimate of drug-likeness (QED) is 0.699. The number of aliphatic hydroxyl groups is 1. The Kier molecular flexibility index (Phi) is 8.43. The van der Waals surface area contributed by atoms with Gasteiger partial charge in [-0.2, -0.15) is 0 Å². The number of rotatable bonds is 9.